The molecular weight excluding hydrogens is 384 g/mol. The highest BCUT2D eigenvalue weighted by Crippen LogP contribution is 2.25. The van der Waals surface area contributed by atoms with Crippen molar-refractivity contribution in [3.8, 4) is 0 Å². The van der Waals surface area contributed by atoms with Crippen LogP contribution in [0.15, 0.2) is 54.6 Å². The SMILES string of the molecule is O=C(NC1CC1)c1ccc(C=CC(=O)N2CCCC2Cc2ccccc2Cl)cc1. The van der Waals surface area contributed by atoms with Crippen LogP contribution in [0.4, 0.5) is 0 Å². The fourth-order valence-corrected chi connectivity index (χ4v) is 3.97. The molecule has 0 aromatic heterocycles. The molecular formula is C24H25ClN2O2. The minimum Gasteiger partial charge on any atom is -0.349 e. The molecule has 1 aliphatic heterocycles. The zero-order valence-corrected chi connectivity index (χ0v) is 17.1. The minimum absolute atomic E-state index is 0.0232. The van der Waals surface area contributed by atoms with Crippen LogP contribution in [0.3, 0.4) is 0 Å². The van der Waals surface area contributed by atoms with E-state index in [0.717, 1.165) is 54.8 Å². The second-order valence-corrected chi connectivity index (χ2v) is 8.23. The zero-order valence-electron chi connectivity index (χ0n) is 16.3. The van der Waals surface area contributed by atoms with Gasteiger partial charge in [-0.3, -0.25) is 9.59 Å². The second kappa shape index (κ2) is 8.83. The molecule has 1 N–H and O–H groups in total. The average Bonchev–Trinajstić information content (AvgIpc) is 3.42. The predicted octanol–water partition coefficient (Wildman–Crippen LogP) is 4.48. The number of halogens is 1. The first-order chi connectivity index (χ1) is 14.1. The van der Waals surface area contributed by atoms with E-state index in [2.05, 4.69) is 5.32 Å². The van der Waals surface area contributed by atoms with Crippen LogP contribution < -0.4 is 5.32 Å². The lowest BCUT2D eigenvalue weighted by Crippen LogP contribution is -2.35. The highest BCUT2D eigenvalue weighted by atomic mass is 35.5. The van der Waals surface area contributed by atoms with Crippen LogP contribution >= 0.6 is 11.6 Å². The van der Waals surface area contributed by atoms with Crippen molar-refractivity contribution >= 4 is 29.5 Å². The van der Waals surface area contributed by atoms with Crippen LogP contribution in [0, 0.1) is 0 Å². The van der Waals surface area contributed by atoms with Crippen molar-refractivity contribution in [2.45, 2.75) is 44.2 Å². The van der Waals surface area contributed by atoms with Gasteiger partial charge < -0.3 is 10.2 Å². The summed E-state index contributed by atoms with van der Waals surface area (Å²) in [5.41, 5.74) is 2.64. The van der Waals surface area contributed by atoms with Crippen LogP contribution in [-0.2, 0) is 11.2 Å². The molecule has 2 aromatic rings. The normalized spacial score (nSPS) is 18.9. The number of hydrogen-bond acceptors (Lipinski definition) is 2. The number of likely N-dealkylation sites (tertiary alicyclic amines) is 1. The number of benzene rings is 2. The molecule has 1 heterocycles. The number of amides is 2. The molecule has 0 radical (unpaired) electrons. The molecule has 0 spiro atoms. The zero-order chi connectivity index (χ0) is 20.2. The maximum atomic E-state index is 12.7. The molecule has 150 valence electrons. The minimum atomic E-state index is -0.0291. The Labute approximate surface area is 176 Å². The van der Waals surface area contributed by atoms with E-state index in [1.807, 2.05) is 47.4 Å². The van der Waals surface area contributed by atoms with Gasteiger partial charge in [-0.2, -0.15) is 0 Å². The molecule has 1 aliphatic carbocycles. The third kappa shape index (κ3) is 5.07. The topological polar surface area (TPSA) is 49.4 Å². The fourth-order valence-electron chi connectivity index (χ4n) is 3.76. The highest BCUT2D eigenvalue weighted by molar-refractivity contribution is 6.31. The molecule has 29 heavy (non-hydrogen) atoms. The summed E-state index contributed by atoms with van der Waals surface area (Å²) in [4.78, 5) is 26.7. The van der Waals surface area contributed by atoms with Crippen LogP contribution in [0.2, 0.25) is 5.02 Å². The van der Waals surface area contributed by atoms with Gasteiger partial charge >= 0.3 is 0 Å². The van der Waals surface area contributed by atoms with Gasteiger partial charge in [-0.05, 0) is 67.5 Å². The van der Waals surface area contributed by atoms with E-state index in [-0.39, 0.29) is 17.9 Å². The Morgan fingerprint density at radius 1 is 1.07 bits per heavy atom. The summed E-state index contributed by atoms with van der Waals surface area (Å²) in [6, 6.07) is 15.7. The van der Waals surface area contributed by atoms with Crippen molar-refractivity contribution in [2.75, 3.05) is 6.54 Å². The Balaban J connectivity index is 1.36. The molecule has 4 nitrogen and oxygen atoms in total. The van der Waals surface area contributed by atoms with Crippen LogP contribution in [0.25, 0.3) is 6.08 Å². The van der Waals surface area contributed by atoms with E-state index in [1.54, 1.807) is 18.2 Å². The molecule has 2 fully saturated rings. The summed E-state index contributed by atoms with van der Waals surface area (Å²) >= 11 is 6.29. The lowest BCUT2D eigenvalue weighted by molar-refractivity contribution is -0.126. The lowest BCUT2D eigenvalue weighted by Gasteiger charge is -2.24. The van der Waals surface area contributed by atoms with Gasteiger partial charge in [0.1, 0.15) is 0 Å². The summed E-state index contributed by atoms with van der Waals surface area (Å²) in [6.45, 7) is 0.776. The van der Waals surface area contributed by atoms with Gasteiger partial charge in [0, 0.05) is 35.3 Å². The number of nitrogens with zero attached hydrogens (tertiary/aromatic N) is 1. The van der Waals surface area contributed by atoms with Crippen LogP contribution in [0.1, 0.15) is 47.2 Å². The van der Waals surface area contributed by atoms with E-state index < -0.39 is 0 Å². The number of nitrogens with one attached hydrogen (secondary N) is 1. The van der Waals surface area contributed by atoms with Crippen molar-refractivity contribution in [1.29, 1.82) is 0 Å². The molecule has 2 aliphatic rings. The molecule has 1 unspecified atom stereocenters. The van der Waals surface area contributed by atoms with Gasteiger partial charge in [0.25, 0.3) is 5.91 Å². The van der Waals surface area contributed by atoms with Gasteiger partial charge in [0.15, 0.2) is 0 Å². The van der Waals surface area contributed by atoms with Crippen LogP contribution in [-0.4, -0.2) is 35.3 Å². The third-order valence-electron chi connectivity index (χ3n) is 5.58. The van der Waals surface area contributed by atoms with E-state index in [4.69, 9.17) is 11.6 Å². The number of carbonyl (C=O) groups excluding carboxylic acids is 2. The summed E-state index contributed by atoms with van der Waals surface area (Å²) in [5.74, 6) is -0.00584. The number of rotatable bonds is 6. The van der Waals surface area contributed by atoms with E-state index in [1.165, 1.54) is 0 Å². The van der Waals surface area contributed by atoms with Crippen molar-refractivity contribution in [2.24, 2.45) is 0 Å². The summed E-state index contributed by atoms with van der Waals surface area (Å²) < 4.78 is 0. The molecule has 1 saturated carbocycles. The van der Waals surface area contributed by atoms with Crippen molar-refractivity contribution in [3.05, 3.63) is 76.3 Å². The summed E-state index contributed by atoms with van der Waals surface area (Å²) in [6.07, 6.45) is 8.38. The van der Waals surface area contributed by atoms with E-state index >= 15 is 0 Å². The van der Waals surface area contributed by atoms with Gasteiger partial charge in [0.05, 0.1) is 0 Å². The van der Waals surface area contributed by atoms with Gasteiger partial charge in [-0.15, -0.1) is 0 Å². The molecule has 2 aromatic carbocycles. The maximum Gasteiger partial charge on any atom is 0.251 e. The maximum absolute atomic E-state index is 12.7. The first kappa shape index (κ1) is 19.7. The molecule has 4 rings (SSSR count). The Hall–Kier alpha value is -2.59. The summed E-state index contributed by atoms with van der Waals surface area (Å²) in [7, 11) is 0. The van der Waals surface area contributed by atoms with E-state index in [0.29, 0.717) is 11.6 Å². The Morgan fingerprint density at radius 2 is 1.83 bits per heavy atom. The van der Waals surface area contributed by atoms with Crippen molar-refractivity contribution in [1.82, 2.24) is 10.2 Å². The fraction of sp³-hybridized carbons (Fsp3) is 0.333. The largest absolute Gasteiger partial charge is 0.349 e. The first-order valence-corrected chi connectivity index (χ1v) is 10.6. The van der Waals surface area contributed by atoms with Gasteiger partial charge in [0.2, 0.25) is 5.91 Å². The average molecular weight is 409 g/mol. The molecule has 1 saturated heterocycles. The van der Waals surface area contributed by atoms with Gasteiger partial charge in [-0.1, -0.05) is 41.9 Å². The Bertz CT molecular complexity index is 919. The number of carbonyl (C=O) groups is 2. The first-order valence-electron chi connectivity index (χ1n) is 10.2. The highest BCUT2D eigenvalue weighted by Gasteiger charge is 2.28. The quantitative estimate of drug-likeness (QED) is 0.716. The lowest BCUT2D eigenvalue weighted by atomic mass is 10.0. The summed E-state index contributed by atoms with van der Waals surface area (Å²) in [5, 5.41) is 3.74. The molecule has 2 amide bonds. The molecule has 0 bridgehead atoms. The van der Waals surface area contributed by atoms with Crippen molar-refractivity contribution in [3.63, 3.8) is 0 Å². The van der Waals surface area contributed by atoms with Crippen LogP contribution in [0.5, 0.6) is 0 Å². The second-order valence-electron chi connectivity index (χ2n) is 7.83. The monoisotopic (exact) mass is 408 g/mol. The van der Waals surface area contributed by atoms with Gasteiger partial charge in [-0.25, -0.2) is 0 Å². The van der Waals surface area contributed by atoms with E-state index in [9.17, 15) is 9.59 Å². The number of hydrogen-bond donors (Lipinski definition) is 1. The molecule has 1 atom stereocenters. The standard InChI is InChI=1S/C24H25ClN2O2/c25-22-6-2-1-4-19(22)16-21-5-3-15-27(21)23(28)14-9-17-7-10-18(11-8-17)24(29)26-20-12-13-20/h1-2,4,6-11,14,20-21H,3,5,12-13,15-16H2,(H,26,29). The Morgan fingerprint density at radius 3 is 2.55 bits per heavy atom. The Kier molecular flexibility index (Phi) is 6.00. The molecule has 5 heteroatoms. The smallest absolute Gasteiger partial charge is 0.251 e. The third-order valence-corrected chi connectivity index (χ3v) is 5.95. The van der Waals surface area contributed by atoms with Crippen molar-refractivity contribution < 1.29 is 9.59 Å². The predicted molar refractivity (Wildman–Crippen MR) is 116 cm³/mol.